The minimum absolute atomic E-state index is 0.0122. The van der Waals surface area contributed by atoms with Crippen LogP contribution in [0.4, 0.5) is 28.4 Å². The van der Waals surface area contributed by atoms with E-state index in [-0.39, 0.29) is 27.0 Å². The molecule has 184 valence electrons. The van der Waals surface area contributed by atoms with E-state index < -0.39 is 30.9 Å². The fraction of sp³-hybridized carbons (Fsp3) is 0. The molecular weight excluding hydrogens is 510 g/mol. The van der Waals surface area contributed by atoms with Gasteiger partial charge in [0.2, 0.25) is 0 Å². The molecule has 0 spiro atoms. The number of benzene rings is 4. The smallest absolute Gasteiger partial charge is 0.295 e. The molecule has 0 atom stereocenters. The number of aromatic hydroxyl groups is 1. The summed E-state index contributed by atoms with van der Waals surface area (Å²) in [4.78, 5) is -0.767. The van der Waals surface area contributed by atoms with Gasteiger partial charge >= 0.3 is 0 Å². The highest BCUT2D eigenvalue weighted by atomic mass is 32.2. The molecule has 4 aromatic rings. The van der Waals surface area contributed by atoms with Crippen molar-refractivity contribution in [2.45, 2.75) is 9.79 Å². The number of azo groups is 2. The third kappa shape index (κ3) is 5.36. The Bertz CT molecular complexity index is 1730. The molecule has 0 heterocycles. The van der Waals surface area contributed by atoms with E-state index in [1.54, 1.807) is 24.3 Å². The van der Waals surface area contributed by atoms with Crippen LogP contribution in [0.25, 0.3) is 10.8 Å². The molecule has 0 amide bonds. The number of phenols is 1. The summed E-state index contributed by atoms with van der Waals surface area (Å²) in [6.45, 7) is 0. The molecule has 14 heteroatoms. The van der Waals surface area contributed by atoms with Crippen molar-refractivity contribution in [2.75, 3.05) is 5.73 Å². The van der Waals surface area contributed by atoms with Crippen molar-refractivity contribution in [3.05, 3.63) is 72.8 Å². The second kappa shape index (κ2) is 9.43. The van der Waals surface area contributed by atoms with Crippen LogP contribution in [0.2, 0.25) is 0 Å². The van der Waals surface area contributed by atoms with Crippen LogP contribution in [0.5, 0.6) is 5.75 Å². The first-order valence-corrected chi connectivity index (χ1v) is 12.8. The molecule has 4 N–H and O–H groups in total. The zero-order valence-corrected chi connectivity index (χ0v) is 19.7. The van der Waals surface area contributed by atoms with E-state index in [9.17, 15) is 31.0 Å². The van der Waals surface area contributed by atoms with Crippen molar-refractivity contribution >= 4 is 59.4 Å². The molecule has 0 radical (unpaired) electrons. The van der Waals surface area contributed by atoms with Crippen molar-refractivity contribution in [3.63, 3.8) is 0 Å². The fourth-order valence-electron chi connectivity index (χ4n) is 3.21. The number of rotatable bonds is 6. The normalized spacial score (nSPS) is 12.6. The summed E-state index contributed by atoms with van der Waals surface area (Å²) in [7, 11) is -9.08. The molecule has 36 heavy (non-hydrogen) atoms. The number of anilines is 1. The third-order valence-corrected chi connectivity index (χ3v) is 6.69. The number of phenolic OH excluding ortho intramolecular Hbond substituents is 1. The standard InChI is InChI=1S/C22H17N5O7S2/c23-18-10-12-20(36(32,33)34)17-9-11-19(22(28)21(17)18)27-26-14-3-1-13(2-4-14)24-25-15-5-7-16(8-6-15)35(29,30)31/h1-12,28H,23H2,(H,29,30,31)(H,32,33,34)/p-1. The third-order valence-electron chi connectivity index (χ3n) is 4.93. The number of fused-ring (bicyclic) bond motifs is 1. The highest BCUT2D eigenvalue weighted by Gasteiger charge is 2.19. The maximum atomic E-state index is 11.6. The largest absolute Gasteiger partial charge is 0.744 e. The van der Waals surface area contributed by atoms with Crippen molar-refractivity contribution in [2.24, 2.45) is 20.5 Å². The Balaban J connectivity index is 1.55. The Morgan fingerprint density at radius 2 is 1.19 bits per heavy atom. The molecule has 12 nitrogen and oxygen atoms in total. The Morgan fingerprint density at radius 3 is 1.69 bits per heavy atom. The van der Waals surface area contributed by atoms with Gasteiger partial charge in [-0.25, -0.2) is 8.42 Å². The highest BCUT2D eigenvalue weighted by Crippen LogP contribution is 2.41. The molecule has 4 aromatic carbocycles. The molecule has 0 aliphatic carbocycles. The zero-order valence-electron chi connectivity index (χ0n) is 18.0. The summed E-state index contributed by atoms with van der Waals surface area (Å²) in [5, 5.41) is 26.6. The van der Waals surface area contributed by atoms with E-state index >= 15 is 0 Å². The highest BCUT2D eigenvalue weighted by molar-refractivity contribution is 7.86. The summed E-state index contributed by atoms with van der Waals surface area (Å²) in [6, 6.07) is 16.4. The van der Waals surface area contributed by atoms with Gasteiger partial charge in [-0.3, -0.25) is 4.55 Å². The van der Waals surface area contributed by atoms with Gasteiger partial charge in [-0.15, -0.1) is 5.11 Å². The molecule has 4 rings (SSSR count). The van der Waals surface area contributed by atoms with Gasteiger partial charge in [0.15, 0.2) is 5.75 Å². The van der Waals surface area contributed by atoms with Crippen LogP contribution in [0, 0.1) is 0 Å². The van der Waals surface area contributed by atoms with Gasteiger partial charge in [-0.2, -0.15) is 23.8 Å². The van der Waals surface area contributed by atoms with Crippen LogP contribution in [-0.2, 0) is 20.2 Å². The topological polar surface area (TPSA) is 207 Å². The summed E-state index contributed by atoms with van der Waals surface area (Å²) >= 11 is 0. The summed E-state index contributed by atoms with van der Waals surface area (Å²) in [5.74, 6) is -0.402. The van der Waals surface area contributed by atoms with Gasteiger partial charge in [-0.1, -0.05) is 6.07 Å². The number of hydrogen-bond acceptors (Lipinski definition) is 11. The fourth-order valence-corrected chi connectivity index (χ4v) is 4.37. The van der Waals surface area contributed by atoms with Gasteiger partial charge < -0.3 is 15.4 Å². The Kier molecular flexibility index (Phi) is 6.51. The lowest BCUT2D eigenvalue weighted by atomic mass is 10.1. The van der Waals surface area contributed by atoms with Crippen LogP contribution in [0.1, 0.15) is 0 Å². The molecule has 0 unspecified atom stereocenters. The molecule has 0 bridgehead atoms. The lowest BCUT2D eigenvalue weighted by Crippen LogP contribution is -2.00. The molecule has 0 aromatic heterocycles. The van der Waals surface area contributed by atoms with Crippen LogP contribution in [-0.4, -0.2) is 31.0 Å². The first-order chi connectivity index (χ1) is 16.9. The number of nitrogens with two attached hydrogens (primary N) is 1. The van der Waals surface area contributed by atoms with E-state index in [2.05, 4.69) is 20.5 Å². The predicted octanol–water partition coefficient (Wildman–Crippen LogP) is 5.11. The van der Waals surface area contributed by atoms with Gasteiger partial charge in [0.05, 0.1) is 27.3 Å². The van der Waals surface area contributed by atoms with Gasteiger partial charge in [0.25, 0.3) is 10.1 Å². The predicted molar refractivity (Wildman–Crippen MR) is 129 cm³/mol. The summed E-state index contributed by atoms with van der Waals surface area (Å²) in [5.41, 5.74) is 7.20. The number of nitrogen functional groups attached to an aromatic ring is 1. The summed E-state index contributed by atoms with van der Waals surface area (Å²) in [6.07, 6.45) is 0. The Hall–Kier alpha value is -4.24. The van der Waals surface area contributed by atoms with Crippen LogP contribution < -0.4 is 5.73 Å². The first-order valence-electron chi connectivity index (χ1n) is 9.94. The molecule has 0 aliphatic heterocycles. The maximum absolute atomic E-state index is 11.6. The van der Waals surface area contributed by atoms with Gasteiger partial charge in [-0.05, 0) is 66.7 Å². The van der Waals surface area contributed by atoms with Gasteiger partial charge in [0, 0.05) is 11.1 Å². The van der Waals surface area contributed by atoms with E-state index in [4.69, 9.17) is 5.73 Å². The second-order valence-corrected chi connectivity index (χ2v) is 10.1. The van der Waals surface area contributed by atoms with Gasteiger partial charge in [0.1, 0.15) is 20.7 Å². The van der Waals surface area contributed by atoms with Crippen molar-refractivity contribution in [1.29, 1.82) is 0 Å². The number of hydrogen-bond donors (Lipinski definition) is 3. The van der Waals surface area contributed by atoms with Crippen LogP contribution in [0.15, 0.2) is 103 Å². The minimum atomic E-state index is -4.54. The Labute approximate surface area is 205 Å². The molecule has 0 saturated heterocycles. The minimum Gasteiger partial charge on any atom is -0.744 e. The number of nitrogens with zero attached hydrogens (tertiary/aromatic N) is 4. The molecular formula is C22H16N5O7S2-. The molecule has 0 aliphatic rings. The van der Waals surface area contributed by atoms with E-state index in [0.717, 1.165) is 18.2 Å². The quantitative estimate of drug-likeness (QED) is 0.174. The van der Waals surface area contributed by atoms with E-state index in [1.165, 1.54) is 30.3 Å². The van der Waals surface area contributed by atoms with Crippen LogP contribution >= 0.6 is 0 Å². The average molecular weight is 527 g/mol. The SMILES string of the molecule is Nc1ccc(S(=O)(=O)O)c2ccc(N=Nc3ccc(N=Nc4ccc(S(=O)(=O)[O-])cc4)cc3)c(O)c12. The van der Waals surface area contributed by atoms with Crippen molar-refractivity contribution < 1.29 is 31.0 Å². The lowest BCUT2D eigenvalue weighted by molar-refractivity contribution is 0.463. The maximum Gasteiger partial charge on any atom is 0.295 e. The second-order valence-electron chi connectivity index (χ2n) is 7.35. The first kappa shape index (κ1) is 24.9. The molecule has 0 saturated carbocycles. The molecule has 0 fully saturated rings. The van der Waals surface area contributed by atoms with Crippen LogP contribution in [0.3, 0.4) is 0 Å². The van der Waals surface area contributed by atoms with E-state index in [0.29, 0.717) is 17.1 Å². The van der Waals surface area contributed by atoms with Crippen molar-refractivity contribution in [1.82, 2.24) is 0 Å². The van der Waals surface area contributed by atoms with E-state index in [1.807, 2.05) is 0 Å². The summed E-state index contributed by atoms with van der Waals surface area (Å²) < 4.78 is 65.5. The average Bonchev–Trinajstić information content (AvgIpc) is 2.82. The van der Waals surface area contributed by atoms with Crippen molar-refractivity contribution in [3.8, 4) is 5.75 Å². The Morgan fingerprint density at radius 1 is 0.694 bits per heavy atom. The monoisotopic (exact) mass is 526 g/mol. The zero-order chi connectivity index (χ0) is 26.1. The lowest BCUT2D eigenvalue weighted by Gasteiger charge is -2.09.